The number of rotatable bonds is 4. The molecule has 2 fully saturated rings. The minimum atomic E-state index is -0.439. The van der Waals surface area contributed by atoms with E-state index in [1.807, 2.05) is 38.1 Å². The molecule has 2 bridgehead atoms. The lowest BCUT2D eigenvalue weighted by Gasteiger charge is -2.25. The number of ether oxygens (including phenoxy) is 2. The Morgan fingerprint density at radius 1 is 1.32 bits per heavy atom. The minimum Gasteiger partial charge on any atom is -0.491 e. The Kier molecular flexibility index (Phi) is 3.50. The summed E-state index contributed by atoms with van der Waals surface area (Å²) in [4.78, 5) is 0. The number of hydrogen-bond acceptors (Lipinski definition) is 3. The van der Waals surface area contributed by atoms with Gasteiger partial charge in [-0.05, 0) is 50.8 Å². The Bertz CT molecular complexity index is 443. The van der Waals surface area contributed by atoms with Crippen molar-refractivity contribution in [2.24, 2.45) is 5.92 Å². The highest BCUT2D eigenvalue weighted by molar-refractivity contribution is 5.30. The monoisotopic (exact) mass is 262 g/mol. The minimum absolute atomic E-state index is 0.151. The highest BCUT2D eigenvalue weighted by atomic mass is 16.5. The zero-order valence-corrected chi connectivity index (χ0v) is 11.6. The second-order valence-corrected chi connectivity index (χ2v) is 5.96. The molecule has 2 saturated heterocycles. The molecular formula is C16H22O3. The fraction of sp³-hybridized carbons (Fsp3) is 0.625. The third-order valence-corrected chi connectivity index (χ3v) is 4.13. The molecule has 2 aliphatic rings. The lowest BCUT2D eigenvalue weighted by atomic mass is 9.82. The van der Waals surface area contributed by atoms with Gasteiger partial charge in [0.15, 0.2) is 0 Å². The molecule has 104 valence electrons. The smallest absolute Gasteiger partial charge is 0.120 e. The van der Waals surface area contributed by atoms with Gasteiger partial charge in [0, 0.05) is 5.92 Å². The van der Waals surface area contributed by atoms with Crippen LogP contribution in [0.25, 0.3) is 0 Å². The van der Waals surface area contributed by atoms with Crippen LogP contribution < -0.4 is 4.74 Å². The summed E-state index contributed by atoms with van der Waals surface area (Å²) in [7, 11) is 0. The van der Waals surface area contributed by atoms with Crippen molar-refractivity contribution in [2.75, 3.05) is 0 Å². The molecule has 0 radical (unpaired) electrons. The van der Waals surface area contributed by atoms with Gasteiger partial charge in [-0.2, -0.15) is 0 Å². The molecule has 2 heterocycles. The fourth-order valence-electron chi connectivity index (χ4n) is 3.30. The number of benzene rings is 1. The van der Waals surface area contributed by atoms with Crippen molar-refractivity contribution in [3.8, 4) is 5.75 Å². The van der Waals surface area contributed by atoms with Crippen molar-refractivity contribution in [1.29, 1.82) is 0 Å². The van der Waals surface area contributed by atoms with Crippen LogP contribution in [0.3, 0.4) is 0 Å². The van der Waals surface area contributed by atoms with Crippen LogP contribution in [0.1, 0.15) is 44.8 Å². The molecule has 0 amide bonds. The van der Waals surface area contributed by atoms with Gasteiger partial charge in [-0.15, -0.1) is 0 Å². The maximum Gasteiger partial charge on any atom is 0.120 e. The van der Waals surface area contributed by atoms with E-state index < -0.39 is 6.10 Å². The van der Waals surface area contributed by atoms with Crippen molar-refractivity contribution < 1.29 is 14.6 Å². The molecule has 4 atom stereocenters. The third kappa shape index (κ3) is 2.63. The zero-order valence-electron chi connectivity index (χ0n) is 11.6. The van der Waals surface area contributed by atoms with Crippen LogP contribution in [-0.4, -0.2) is 23.4 Å². The Morgan fingerprint density at radius 2 is 2.16 bits per heavy atom. The van der Waals surface area contributed by atoms with Gasteiger partial charge in [-0.25, -0.2) is 0 Å². The van der Waals surface area contributed by atoms with Crippen molar-refractivity contribution in [2.45, 2.75) is 57.5 Å². The molecular weight excluding hydrogens is 240 g/mol. The summed E-state index contributed by atoms with van der Waals surface area (Å²) in [6.07, 6.45) is 3.57. The lowest BCUT2D eigenvalue weighted by molar-refractivity contribution is 0.0421. The second kappa shape index (κ2) is 5.14. The molecule has 0 aromatic heterocycles. The van der Waals surface area contributed by atoms with E-state index in [9.17, 15) is 5.11 Å². The second-order valence-electron chi connectivity index (χ2n) is 5.96. The van der Waals surface area contributed by atoms with Crippen LogP contribution in [0.4, 0.5) is 0 Å². The zero-order chi connectivity index (χ0) is 13.4. The molecule has 0 aliphatic carbocycles. The van der Waals surface area contributed by atoms with Gasteiger partial charge in [0.2, 0.25) is 0 Å². The van der Waals surface area contributed by atoms with E-state index in [0.717, 1.165) is 30.6 Å². The quantitative estimate of drug-likeness (QED) is 0.906. The van der Waals surface area contributed by atoms with E-state index in [0.29, 0.717) is 6.10 Å². The molecule has 0 saturated carbocycles. The molecule has 3 rings (SSSR count). The Labute approximate surface area is 114 Å². The van der Waals surface area contributed by atoms with Gasteiger partial charge < -0.3 is 14.6 Å². The van der Waals surface area contributed by atoms with E-state index in [-0.39, 0.29) is 18.1 Å². The summed E-state index contributed by atoms with van der Waals surface area (Å²) in [5.74, 6) is 1.07. The van der Waals surface area contributed by atoms with Crippen molar-refractivity contribution in [3.05, 3.63) is 29.8 Å². The predicted octanol–water partition coefficient (Wildman–Crippen LogP) is 3.07. The van der Waals surface area contributed by atoms with Crippen LogP contribution >= 0.6 is 0 Å². The molecule has 0 spiro atoms. The van der Waals surface area contributed by atoms with E-state index in [1.165, 1.54) is 0 Å². The van der Waals surface area contributed by atoms with Gasteiger partial charge in [0.1, 0.15) is 5.75 Å². The van der Waals surface area contributed by atoms with Gasteiger partial charge >= 0.3 is 0 Å². The first-order valence-electron chi connectivity index (χ1n) is 7.23. The molecule has 2 aliphatic heterocycles. The molecule has 19 heavy (non-hydrogen) atoms. The number of fused-ring (bicyclic) bond motifs is 2. The van der Waals surface area contributed by atoms with Gasteiger partial charge in [-0.1, -0.05) is 12.1 Å². The standard InChI is InChI=1S/C16H22O3/c1-10(2)18-12-5-3-4-11(8-12)16(17)14-9-13-6-7-15(14)19-13/h3-5,8,10,13-17H,6-7,9H2,1-2H3. The summed E-state index contributed by atoms with van der Waals surface area (Å²) in [5, 5.41) is 10.6. The van der Waals surface area contributed by atoms with Gasteiger partial charge in [0.05, 0.1) is 24.4 Å². The van der Waals surface area contributed by atoms with Gasteiger partial charge in [0.25, 0.3) is 0 Å². The van der Waals surface area contributed by atoms with Crippen molar-refractivity contribution in [1.82, 2.24) is 0 Å². The maximum atomic E-state index is 10.6. The normalized spacial score (nSPS) is 30.8. The summed E-state index contributed by atoms with van der Waals surface area (Å²) < 4.78 is 11.5. The van der Waals surface area contributed by atoms with Crippen molar-refractivity contribution >= 4 is 0 Å². The van der Waals surface area contributed by atoms with Crippen LogP contribution in [0.2, 0.25) is 0 Å². The number of hydrogen-bond donors (Lipinski definition) is 1. The first kappa shape index (κ1) is 12.9. The molecule has 1 N–H and O–H groups in total. The van der Waals surface area contributed by atoms with Crippen LogP contribution in [0.5, 0.6) is 5.75 Å². The van der Waals surface area contributed by atoms with Gasteiger partial charge in [-0.3, -0.25) is 0 Å². The first-order chi connectivity index (χ1) is 9.13. The molecule has 3 nitrogen and oxygen atoms in total. The highest BCUT2D eigenvalue weighted by Gasteiger charge is 2.44. The summed E-state index contributed by atoms with van der Waals surface area (Å²) in [5.41, 5.74) is 0.944. The first-order valence-corrected chi connectivity index (χ1v) is 7.23. The lowest BCUT2D eigenvalue weighted by Crippen LogP contribution is -2.23. The number of aliphatic hydroxyl groups excluding tert-OH is 1. The Hall–Kier alpha value is -1.06. The third-order valence-electron chi connectivity index (χ3n) is 4.13. The van der Waals surface area contributed by atoms with E-state index in [4.69, 9.17) is 9.47 Å². The van der Waals surface area contributed by atoms with E-state index in [2.05, 4.69) is 0 Å². The fourth-order valence-corrected chi connectivity index (χ4v) is 3.30. The van der Waals surface area contributed by atoms with Crippen molar-refractivity contribution in [3.63, 3.8) is 0 Å². The highest BCUT2D eigenvalue weighted by Crippen LogP contribution is 2.44. The topological polar surface area (TPSA) is 38.7 Å². The summed E-state index contributed by atoms with van der Waals surface area (Å²) in [6, 6.07) is 7.82. The molecule has 4 unspecified atom stereocenters. The average Bonchev–Trinajstić information content (AvgIpc) is 2.99. The molecule has 1 aromatic carbocycles. The largest absolute Gasteiger partial charge is 0.491 e. The summed E-state index contributed by atoms with van der Waals surface area (Å²) >= 11 is 0. The Morgan fingerprint density at radius 3 is 2.79 bits per heavy atom. The number of aliphatic hydroxyl groups is 1. The average molecular weight is 262 g/mol. The summed E-state index contributed by atoms with van der Waals surface area (Å²) in [6.45, 7) is 4.01. The predicted molar refractivity (Wildman–Crippen MR) is 73.2 cm³/mol. The van der Waals surface area contributed by atoms with E-state index in [1.54, 1.807) is 0 Å². The molecule has 3 heteroatoms. The van der Waals surface area contributed by atoms with Crippen LogP contribution in [-0.2, 0) is 4.74 Å². The van der Waals surface area contributed by atoms with Crippen LogP contribution in [0, 0.1) is 5.92 Å². The SMILES string of the molecule is CC(C)Oc1cccc(C(O)C2CC3CCC2O3)c1. The van der Waals surface area contributed by atoms with E-state index >= 15 is 0 Å². The van der Waals surface area contributed by atoms with Crippen LogP contribution in [0.15, 0.2) is 24.3 Å². The molecule has 1 aromatic rings. The Balaban J connectivity index is 1.74. The maximum absolute atomic E-state index is 10.6.